The van der Waals surface area contributed by atoms with Crippen LogP contribution in [-0.2, 0) is 0 Å². The van der Waals surface area contributed by atoms with Gasteiger partial charge in [-0.3, -0.25) is 9.67 Å². The summed E-state index contributed by atoms with van der Waals surface area (Å²) in [5, 5.41) is 7.06. The van der Waals surface area contributed by atoms with E-state index in [2.05, 4.69) is 15.2 Å². The number of nitrogens with one attached hydrogen (secondary N) is 1. The van der Waals surface area contributed by atoms with Gasteiger partial charge in [0.05, 0.1) is 16.7 Å². The quantitative estimate of drug-likeness (QED) is 0.405. The molecule has 0 saturated heterocycles. The maximum atomic E-state index is 14.3. The van der Waals surface area contributed by atoms with Gasteiger partial charge >= 0.3 is 0 Å². The van der Waals surface area contributed by atoms with Crippen LogP contribution in [0.4, 0.5) is 8.78 Å². The van der Waals surface area contributed by atoms with E-state index in [9.17, 15) is 8.78 Å². The number of aryl methyl sites for hydroxylation is 2. The Bertz CT molecular complexity index is 1400. The largest absolute Gasteiger partial charge is 0.299 e. The fourth-order valence-electron chi connectivity index (χ4n) is 3.82. The molecular weight excluding hydrogens is 382 g/mol. The predicted molar refractivity (Wildman–Crippen MR) is 113 cm³/mol. The number of halogens is 2. The molecular formula is C24H18F2N4. The van der Waals surface area contributed by atoms with E-state index in [-0.39, 0.29) is 0 Å². The summed E-state index contributed by atoms with van der Waals surface area (Å²) in [6, 6.07) is 15.5. The van der Waals surface area contributed by atoms with Crippen LogP contribution in [0.25, 0.3) is 39.0 Å². The lowest BCUT2D eigenvalue weighted by Gasteiger charge is -2.11. The van der Waals surface area contributed by atoms with E-state index in [1.807, 2.05) is 61.0 Å². The number of H-pyrrole nitrogens is 1. The van der Waals surface area contributed by atoms with Crippen molar-refractivity contribution < 1.29 is 8.78 Å². The molecule has 6 heteroatoms. The van der Waals surface area contributed by atoms with Crippen LogP contribution in [0.3, 0.4) is 0 Å². The van der Waals surface area contributed by atoms with Gasteiger partial charge in [0, 0.05) is 29.1 Å². The summed E-state index contributed by atoms with van der Waals surface area (Å²) in [7, 11) is 0. The van der Waals surface area contributed by atoms with Gasteiger partial charge in [0.15, 0.2) is 0 Å². The molecule has 0 atom stereocenters. The van der Waals surface area contributed by atoms with E-state index in [0.29, 0.717) is 11.1 Å². The lowest BCUT2D eigenvalue weighted by molar-refractivity contribution is 0.585. The van der Waals surface area contributed by atoms with Crippen molar-refractivity contribution >= 4 is 11.0 Å². The SMILES string of the molecule is Cc1cc(-c2ccc(F)cc2F)cc(-n2cnc3cc(-c4c[nH]nc4C)ccc32)c1. The van der Waals surface area contributed by atoms with Crippen LogP contribution in [0.15, 0.2) is 67.1 Å². The van der Waals surface area contributed by atoms with Crippen molar-refractivity contribution in [2.24, 2.45) is 0 Å². The third-order valence-corrected chi connectivity index (χ3v) is 5.27. The second-order valence-electron chi connectivity index (χ2n) is 7.38. The molecule has 30 heavy (non-hydrogen) atoms. The number of fused-ring (bicyclic) bond motifs is 1. The Kier molecular flexibility index (Phi) is 4.20. The highest BCUT2D eigenvalue weighted by Crippen LogP contribution is 2.30. The summed E-state index contributed by atoms with van der Waals surface area (Å²) < 4.78 is 29.6. The minimum atomic E-state index is -0.589. The molecule has 2 heterocycles. The first-order valence-corrected chi connectivity index (χ1v) is 9.55. The van der Waals surface area contributed by atoms with Crippen molar-refractivity contribution in [3.05, 3.63) is 90.0 Å². The number of rotatable bonds is 3. The fraction of sp³-hybridized carbons (Fsp3) is 0.0833. The van der Waals surface area contributed by atoms with E-state index < -0.39 is 11.6 Å². The van der Waals surface area contributed by atoms with Gasteiger partial charge in [-0.25, -0.2) is 13.8 Å². The molecule has 0 aliphatic carbocycles. The first-order chi connectivity index (χ1) is 14.5. The molecule has 4 nitrogen and oxygen atoms in total. The number of imidazole rings is 1. The van der Waals surface area contributed by atoms with Gasteiger partial charge in [0.25, 0.3) is 0 Å². The van der Waals surface area contributed by atoms with E-state index in [1.54, 1.807) is 6.33 Å². The van der Waals surface area contributed by atoms with Crippen LogP contribution in [0.2, 0.25) is 0 Å². The average Bonchev–Trinajstić information content (AvgIpc) is 3.33. The van der Waals surface area contributed by atoms with Crippen molar-refractivity contribution in [2.45, 2.75) is 13.8 Å². The second kappa shape index (κ2) is 6.91. The van der Waals surface area contributed by atoms with E-state index in [1.165, 1.54) is 12.1 Å². The highest BCUT2D eigenvalue weighted by molar-refractivity contribution is 5.84. The van der Waals surface area contributed by atoms with Crippen LogP contribution in [-0.4, -0.2) is 19.7 Å². The minimum absolute atomic E-state index is 0.364. The summed E-state index contributed by atoms with van der Waals surface area (Å²) in [6.07, 6.45) is 3.63. The van der Waals surface area contributed by atoms with Crippen LogP contribution in [0.1, 0.15) is 11.3 Å². The lowest BCUT2D eigenvalue weighted by Crippen LogP contribution is -1.95. The molecule has 1 N–H and O–H groups in total. The van der Waals surface area contributed by atoms with Crippen molar-refractivity contribution in [2.75, 3.05) is 0 Å². The zero-order valence-corrected chi connectivity index (χ0v) is 16.4. The number of benzene rings is 3. The van der Waals surface area contributed by atoms with Crippen LogP contribution < -0.4 is 0 Å². The van der Waals surface area contributed by atoms with E-state index in [4.69, 9.17) is 0 Å². The highest BCUT2D eigenvalue weighted by Gasteiger charge is 2.12. The first kappa shape index (κ1) is 18.2. The average molecular weight is 400 g/mol. The molecule has 148 valence electrons. The molecule has 0 amide bonds. The van der Waals surface area contributed by atoms with Gasteiger partial charge in [-0.05, 0) is 66.9 Å². The summed E-state index contributed by atoms with van der Waals surface area (Å²) in [6.45, 7) is 3.91. The maximum absolute atomic E-state index is 14.3. The molecule has 0 aliphatic heterocycles. The van der Waals surface area contributed by atoms with Gasteiger partial charge in [-0.2, -0.15) is 5.10 Å². The van der Waals surface area contributed by atoms with Crippen molar-refractivity contribution in [3.8, 4) is 27.9 Å². The van der Waals surface area contributed by atoms with Crippen molar-refractivity contribution in [3.63, 3.8) is 0 Å². The zero-order valence-electron chi connectivity index (χ0n) is 16.4. The van der Waals surface area contributed by atoms with Gasteiger partial charge in [0.1, 0.15) is 18.0 Å². The van der Waals surface area contributed by atoms with Gasteiger partial charge < -0.3 is 0 Å². The molecule has 3 aromatic carbocycles. The maximum Gasteiger partial charge on any atom is 0.133 e. The first-order valence-electron chi connectivity index (χ1n) is 9.55. The van der Waals surface area contributed by atoms with E-state index in [0.717, 1.165) is 45.2 Å². The number of nitrogens with zero attached hydrogens (tertiary/aromatic N) is 3. The molecule has 5 rings (SSSR count). The van der Waals surface area contributed by atoms with E-state index >= 15 is 0 Å². The normalized spacial score (nSPS) is 11.3. The molecule has 2 aromatic heterocycles. The Morgan fingerprint density at radius 2 is 1.73 bits per heavy atom. The molecule has 5 aromatic rings. The third-order valence-electron chi connectivity index (χ3n) is 5.27. The van der Waals surface area contributed by atoms with Crippen LogP contribution >= 0.6 is 0 Å². The standard InChI is InChI=1S/C24H18F2N4/c1-14-7-17(20-5-4-18(25)11-22(20)26)9-19(8-14)30-13-27-23-10-16(3-6-24(23)30)21-12-28-29-15(21)2/h3-13H,1-2H3,(H,28,29). The molecule has 0 saturated carbocycles. The Morgan fingerprint density at radius 1 is 0.867 bits per heavy atom. The zero-order chi connectivity index (χ0) is 20.8. The number of aromatic nitrogens is 4. The Balaban J connectivity index is 1.62. The smallest absolute Gasteiger partial charge is 0.133 e. The summed E-state index contributed by atoms with van der Waals surface area (Å²) in [5.41, 5.74) is 7.69. The lowest BCUT2D eigenvalue weighted by atomic mass is 10.0. The Morgan fingerprint density at radius 3 is 2.50 bits per heavy atom. The highest BCUT2D eigenvalue weighted by atomic mass is 19.1. The molecule has 0 radical (unpaired) electrons. The summed E-state index contributed by atoms with van der Waals surface area (Å²) in [4.78, 5) is 4.57. The van der Waals surface area contributed by atoms with Gasteiger partial charge in [0.2, 0.25) is 0 Å². The molecule has 0 spiro atoms. The summed E-state index contributed by atoms with van der Waals surface area (Å²) >= 11 is 0. The number of hydrogen-bond donors (Lipinski definition) is 1. The van der Waals surface area contributed by atoms with Crippen LogP contribution in [0, 0.1) is 25.5 Å². The molecule has 0 bridgehead atoms. The fourth-order valence-corrected chi connectivity index (χ4v) is 3.82. The van der Waals surface area contributed by atoms with Gasteiger partial charge in [-0.15, -0.1) is 0 Å². The number of aromatic amines is 1. The third kappa shape index (κ3) is 3.06. The summed E-state index contributed by atoms with van der Waals surface area (Å²) in [5.74, 6) is -1.17. The van der Waals surface area contributed by atoms with Crippen LogP contribution in [0.5, 0.6) is 0 Å². The Labute approximate surface area is 171 Å². The van der Waals surface area contributed by atoms with Crippen molar-refractivity contribution in [1.29, 1.82) is 0 Å². The Hall–Kier alpha value is -3.80. The molecule has 0 unspecified atom stereocenters. The minimum Gasteiger partial charge on any atom is -0.299 e. The predicted octanol–water partition coefficient (Wildman–Crippen LogP) is 5.98. The van der Waals surface area contributed by atoms with Crippen molar-refractivity contribution in [1.82, 2.24) is 19.7 Å². The molecule has 0 fully saturated rings. The topological polar surface area (TPSA) is 46.5 Å². The monoisotopic (exact) mass is 400 g/mol. The second-order valence-corrected chi connectivity index (χ2v) is 7.38. The number of hydrogen-bond acceptors (Lipinski definition) is 2. The molecule has 0 aliphatic rings. The van der Waals surface area contributed by atoms with Gasteiger partial charge in [-0.1, -0.05) is 12.1 Å².